The van der Waals surface area contributed by atoms with Crippen LogP contribution in [0.5, 0.6) is 11.6 Å². The van der Waals surface area contributed by atoms with Gasteiger partial charge < -0.3 is 30.7 Å². The van der Waals surface area contributed by atoms with Gasteiger partial charge in [-0.25, -0.2) is 14.8 Å². The average molecular weight is 553 g/mol. The summed E-state index contributed by atoms with van der Waals surface area (Å²) in [6.07, 6.45) is -1.88. The van der Waals surface area contributed by atoms with Crippen LogP contribution in [0.4, 0.5) is 28.9 Å². The van der Waals surface area contributed by atoms with Crippen molar-refractivity contribution >= 4 is 34.8 Å². The molecule has 1 aromatic heterocycles. The second-order valence-corrected chi connectivity index (χ2v) is 8.26. The highest BCUT2D eigenvalue weighted by Gasteiger charge is 2.40. The largest absolute Gasteiger partial charge is 0.573 e. The van der Waals surface area contributed by atoms with Crippen LogP contribution in [0, 0.1) is 5.82 Å². The summed E-state index contributed by atoms with van der Waals surface area (Å²) in [6.45, 7) is 3.30. The van der Waals surface area contributed by atoms with Gasteiger partial charge in [0.1, 0.15) is 6.04 Å². The van der Waals surface area contributed by atoms with E-state index in [1.165, 1.54) is 30.3 Å². The number of alkyl halides is 3. The molecule has 0 aliphatic carbocycles. The minimum atomic E-state index is -5.14. The van der Waals surface area contributed by atoms with Crippen LogP contribution in [0.3, 0.4) is 0 Å². The number of hydrogen-bond acceptors (Lipinski definition) is 7. The third-order valence-corrected chi connectivity index (χ3v) is 5.81. The fraction of sp³-hybridized carbons (Fsp3) is 0.292. The van der Waals surface area contributed by atoms with Crippen molar-refractivity contribution in [2.75, 3.05) is 24.3 Å². The maximum atomic E-state index is 14.6. The van der Waals surface area contributed by atoms with E-state index in [1.807, 2.05) is 0 Å². The molecule has 1 fully saturated rings. The number of carbonyl (C=O) groups is 3. The van der Waals surface area contributed by atoms with Crippen molar-refractivity contribution in [1.82, 2.24) is 9.88 Å². The number of benzene rings is 1. The predicted molar refractivity (Wildman–Crippen MR) is 130 cm³/mol. The van der Waals surface area contributed by atoms with Gasteiger partial charge in [-0.15, -0.1) is 19.8 Å². The molecule has 0 saturated carbocycles. The summed E-state index contributed by atoms with van der Waals surface area (Å²) in [7, 11) is 1.35. The molecule has 0 spiro atoms. The molecule has 1 aliphatic rings. The summed E-state index contributed by atoms with van der Waals surface area (Å²) in [6, 6.07) is 2.58. The number of nitrogens with one attached hydrogen (secondary N) is 2. The van der Waals surface area contributed by atoms with Crippen molar-refractivity contribution in [2.45, 2.75) is 31.3 Å². The molecule has 1 unspecified atom stereocenters. The van der Waals surface area contributed by atoms with Gasteiger partial charge in [0, 0.05) is 6.07 Å². The number of amides is 3. The number of hydrogen-bond donors (Lipinski definition) is 4. The van der Waals surface area contributed by atoms with E-state index < -0.39 is 53.4 Å². The van der Waals surface area contributed by atoms with Crippen LogP contribution in [-0.4, -0.2) is 65.4 Å². The number of primary amides is 1. The van der Waals surface area contributed by atoms with Gasteiger partial charge in [0.2, 0.25) is 17.7 Å². The molecule has 0 bridgehead atoms. The molecule has 3 rings (SSSR count). The lowest BCUT2D eigenvalue weighted by Crippen LogP contribution is -2.49. The van der Waals surface area contributed by atoms with E-state index in [0.717, 1.165) is 18.2 Å². The number of methoxy groups -OCH3 is 1. The number of aromatic nitrogens is 1. The molecule has 208 valence electrons. The number of carbonyl (C=O) groups excluding carboxylic acids is 3. The number of likely N-dealkylation sites (tertiary alicyclic amines) is 1. The minimum Gasteiger partial charge on any atom is -0.481 e. The average Bonchev–Trinajstić information content (AvgIpc) is 3.32. The second kappa shape index (κ2) is 11.8. The molecule has 2 atom stereocenters. The molecule has 11 nitrogen and oxygen atoms in total. The van der Waals surface area contributed by atoms with Gasteiger partial charge in [-0.05, 0) is 25.0 Å². The zero-order chi connectivity index (χ0) is 28.9. The number of ether oxygens (including phenoxy) is 2. The van der Waals surface area contributed by atoms with E-state index in [1.54, 1.807) is 0 Å². The van der Waals surface area contributed by atoms with E-state index in [-0.39, 0.29) is 35.8 Å². The van der Waals surface area contributed by atoms with Crippen LogP contribution in [0.2, 0.25) is 0 Å². The Morgan fingerprint density at radius 2 is 2.00 bits per heavy atom. The highest BCUT2D eigenvalue weighted by atomic mass is 19.4. The molecule has 1 saturated heterocycles. The Kier molecular flexibility index (Phi) is 8.73. The first-order valence-electron chi connectivity index (χ1n) is 11.4. The molecular formula is C24H25F4N6O5+. The highest BCUT2D eigenvalue weighted by molar-refractivity contribution is 6.43. The summed E-state index contributed by atoms with van der Waals surface area (Å²) >= 11 is 0. The Hall–Kier alpha value is -4.69. The Bertz CT molecular complexity index is 1300. The Morgan fingerprint density at radius 1 is 1.28 bits per heavy atom. The van der Waals surface area contributed by atoms with Gasteiger partial charge in [0.05, 0.1) is 42.8 Å². The molecule has 2 heterocycles. The van der Waals surface area contributed by atoms with Crippen LogP contribution < -0.4 is 31.3 Å². The Balaban J connectivity index is 1.78. The normalized spacial score (nSPS) is 16.8. The fourth-order valence-corrected chi connectivity index (χ4v) is 4.02. The number of anilines is 2. The molecule has 3 amide bonds. The molecule has 6 N–H and O–H groups in total. The zero-order valence-corrected chi connectivity index (χ0v) is 20.5. The molecular weight excluding hydrogens is 528 g/mol. The topological polar surface area (TPSA) is 161 Å². The summed E-state index contributed by atoms with van der Waals surface area (Å²) in [5, 5.41) is 10.8. The lowest BCUT2D eigenvalue weighted by Gasteiger charge is -2.28. The predicted octanol–water partition coefficient (Wildman–Crippen LogP) is 0.758. The lowest BCUT2D eigenvalue weighted by atomic mass is 10.1. The Morgan fingerprint density at radius 3 is 2.62 bits per heavy atom. The smallest absolute Gasteiger partial charge is 0.481 e. The zero-order valence-electron chi connectivity index (χ0n) is 20.5. The lowest BCUT2D eigenvalue weighted by molar-refractivity contribution is -0.275. The summed E-state index contributed by atoms with van der Waals surface area (Å²) < 4.78 is 60.9. The standard InChI is InChI=1S/C24H24F4N6O5/c1-3-12-7-8-16(23(37)33-14-5-4-6-17(20(14)25)39-24(26,27)28)34(12)19(35)11-31-15-10-32-18(38-2)9-13(15)21(29)22(30)36/h3-6,9-10,12,16,29,31H,1,7-8,11H2,2H3,(H2,30,36)(H,33,37)/p+1/t12?,16-/m0/s1. The molecule has 39 heavy (non-hydrogen) atoms. The first kappa shape index (κ1) is 28.9. The highest BCUT2D eigenvalue weighted by Crippen LogP contribution is 2.31. The van der Waals surface area contributed by atoms with Gasteiger partial charge >= 0.3 is 12.3 Å². The van der Waals surface area contributed by atoms with Gasteiger partial charge in [-0.3, -0.25) is 14.4 Å². The molecule has 15 heteroatoms. The number of halogens is 4. The van der Waals surface area contributed by atoms with Gasteiger partial charge in [0.15, 0.2) is 11.6 Å². The fourth-order valence-electron chi connectivity index (χ4n) is 4.02. The summed E-state index contributed by atoms with van der Waals surface area (Å²) in [5.74, 6) is -4.74. The molecule has 1 aromatic carbocycles. The third-order valence-electron chi connectivity index (χ3n) is 5.81. The number of pyridine rings is 1. The van der Waals surface area contributed by atoms with E-state index in [0.29, 0.717) is 6.42 Å². The summed E-state index contributed by atoms with van der Waals surface area (Å²) in [4.78, 5) is 43.1. The summed E-state index contributed by atoms with van der Waals surface area (Å²) in [5.41, 5.74) is 4.72. The van der Waals surface area contributed by atoms with Crippen LogP contribution in [0.15, 0.2) is 43.1 Å². The maximum absolute atomic E-state index is 14.6. The van der Waals surface area contributed by atoms with E-state index >= 15 is 0 Å². The monoisotopic (exact) mass is 553 g/mol. The quantitative estimate of drug-likeness (QED) is 0.192. The van der Waals surface area contributed by atoms with Crippen molar-refractivity contribution < 1.29 is 46.8 Å². The Labute approximate surface area is 219 Å². The van der Waals surface area contributed by atoms with Gasteiger partial charge in [-0.2, -0.15) is 0 Å². The third kappa shape index (κ3) is 6.80. The first-order chi connectivity index (χ1) is 18.4. The van der Waals surface area contributed by atoms with E-state index in [9.17, 15) is 31.9 Å². The van der Waals surface area contributed by atoms with Crippen LogP contribution in [0.1, 0.15) is 18.4 Å². The molecule has 1 aliphatic heterocycles. The SMILES string of the molecule is C=CC1CC[C@@H](C(=O)Nc2cccc(OC(F)(F)F)c2F)N1C(=O)CNc1cnc(OC)cc1C(=[NH2+])C(N)=O. The van der Waals surface area contributed by atoms with Gasteiger partial charge in [0.25, 0.3) is 5.71 Å². The maximum Gasteiger partial charge on any atom is 0.573 e. The van der Waals surface area contributed by atoms with Crippen LogP contribution in [0.25, 0.3) is 0 Å². The minimum absolute atomic E-state index is 0.131. The van der Waals surface area contributed by atoms with Gasteiger partial charge in [-0.1, -0.05) is 12.1 Å². The second-order valence-electron chi connectivity index (χ2n) is 8.26. The number of nitrogens with two attached hydrogens (primary N) is 2. The van der Waals surface area contributed by atoms with E-state index in [4.69, 9.17) is 15.9 Å². The first-order valence-corrected chi connectivity index (χ1v) is 11.4. The molecule has 2 aromatic rings. The van der Waals surface area contributed by atoms with Crippen LogP contribution >= 0.6 is 0 Å². The molecule has 0 radical (unpaired) electrons. The van der Waals surface area contributed by atoms with Crippen molar-refractivity contribution in [2.24, 2.45) is 5.73 Å². The number of rotatable bonds is 10. The number of nitrogens with zero attached hydrogens (tertiary/aromatic N) is 2. The van der Waals surface area contributed by atoms with E-state index in [2.05, 4.69) is 26.9 Å². The van der Waals surface area contributed by atoms with Crippen molar-refractivity contribution in [1.29, 1.82) is 0 Å². The van der Waals surface area contributed by atoms with Crippen molar-refractivity contribution in [3.63, 3.8) is 0 Å². The van der Waals surface area contributed by atoms with Crippen LogP contribution in [-0.2, 0) is 14.4 Å². The van der Waals surface area contributed by atoms with Crippen molar-refractivity contribution in [3.05, 3.63) is 54.5 Å². The van der Waals surface area contributed by atoms with Crippen molar-refractivity contribution in [3.8, 4) is 11.6 Å².